The van der Waals surface area contributed by atoms with Gasteiger partial charge in [-0.15, -0.1) is 0 Å². The summed E-state index contributed by atoms with van der Waals surface area (Å²) in [5, 5.41) is 11.7. The molecule has 106 valence electrons. The molecule has 1 saturated carbocycles. The minimum atomic E-state index is -0.902. The summed E-state index contributed by atoms with van der Waals surface area (Å²) in [4.78, 5) is 22.7. The average molecular weight is 277 g/mol. The van der Waals surface area contributed by atoms with Gasteiger partial charge in [0.15, 0.2) is 11.5 Å². The van der Waals surface area contributed by atoms with Crippen molar-refractivity contribution >= 4 is 11.9 Å². The van der Waals surface area contributed by atoms with Crippen LogP contribution in [0.25, 0.3) is 0 Å². The van der Waals surface area contributed by atoms with Crippen LogP contribution < -0.4 is 14.8 Å². The van der Waals surface area contributed by atoms with Gasteiger partial charge in [-0.2, -0.15) is 0 Å². The number of amides is 1. The number of carboxylic acids is 1. The molecule has 20 heavy (non-hydrogen) atoms. The molecule has 3 rings (SSSR count). The highest BCUT2D eigenvalue weighted by Crippen LogP contribution is 2.39. The first-order chi connectivity index (χ1) is 9.56. The second-order valence-corrected chi connectivity index (χ2v) is 5.13. The van der Waals surface area contributed by atoms with Crippen molar-refractivity contribution in [3.05, 3.63) is 23.8 Å². The Labute approximate surface area is 115 Å². The Kier molecular flexibility index (Phi) is 3.00. The van der Waals surface area contributed by atoms with Gasteiger partial charge in [0, 0.05) is 0 Å². The molecule has 6 nitrogen and oxygen atoms in total. The van der Waals surface area contributed by atoms with Gasteiger partial charge in [-0.1, -0.05) is 6.07 Å². The van der Waals surface area contributed by atoms with Crippen LogP contribution in [0.15, 0.2) is 18.2 Å². The van der Waals surface area contributed by atoms with Gasteiger partial charge >= 0.3 is 5.97 Å². The molecule has 0 bridgehead atoms. The molecule has 0 unspecified atom stereocenters. The Morgan fingerprint density at radius 2 is 2.05 bits per heavy atom. The maximum absolute atomic E-state index is 11.9. The quantitative estimate of drug-likeness (QED) is 0.866. The fourth-order valence-corrected chi connectivity index (χ4v) is 2.34. The Morgan fingerprint density at radius 3 is 2.75 bits per heavy atom. The molecule has 1 aromatic carbocycles. The summed E-state index contributed by atoms with van der Waals surface area (Å²) in [6, 6.07) is 5.29. The van der Waals surface area contributed by atoms with Crippen LogP contribution in [0.4, 0.5) is 0 Å². The fourth-order valence-electron chi connectivity index (χ4n) is 2.34. The zero-order valence-corrected chi connectivity index (χ0v) is 11.0. The topological polar surface area (TPSA) is 84.9 Å². The molecule has 2 N–H and O–H groups in total. The van der Waals surface area contributed by atoms with Crippen LogP contribution in [0.5, 0.6) is 11.5 Å². The molecule has 0 aromatic heterocycles. The lowest BCUT2D eigenvalue weighted by atomic mass is 10.1. The van der Waals surface area contributed by atoms with Crippen LogP contribution in [0.3, 0.4) is 0 Å². The van der Waals surface area contributed by atoms with E-state index < -0.39 is 17.8 Å². The molecule has 2 aliphatic rings. The molecule has 1 aliphatic heterocycles. The summed E-state index contributed by atoms with van der Waals surface area (Å²) < 4.78 is 10.5. The van der Waals surface area contributed by atoms with E-state index in [9.17, 15) is 9.59 Å². The summed E-state index contributed by atoms with van der Waals surface area (Å²) >= 11 is 0. The molecule has 1 heterocycles. The second kappa shape index (κ2) is 4.70. The van der Waals surface area contributed by atoms with Gasteiger partial charge in [-0.05, 0) is 31.0 Å². The Morgan fingerprint density at radius 1 is 1.30 bits per heavy atom. The summed E-state index contributed by atoms with van der Waals surface area (Å²) in [6.45, 7) is 2.06. The summed E-state index contributed by atoms with van der Waals surface area (Å²) in [5.41, 5.74) is 0.898. The van der Waals surface area contributed by atoms with Gasteiger partial charge in [-0.3, -0.25) is 9.59 Å². The van der Waals surface area contributed by atoms with Gasteiger partial charge in [-0.25, -0.2) is 0 Å². The third-order valence-corrected chi connectivity index (χ3v) is 3.70. The van der Waals surface area contributed by atoms with E-state index in [1.807, 2.05) is 19.1 Å². The van der Waals surface area contributed by atoms with Crippen molar-refractivity contribution in [3.8, 4) is 11.5 Å². The van der Waals surface area contributed by atoms with Gasteiger partial charge in [0.2, 0.25) is 12.7 Å². The number of hydrogen-bond donors (Lipinski definition) is 2. The molecule has 1 amide bonds. The number of carboxylic acid groups (broad SMARTS) is 1. The fraction of sp³-hybridized carbons (Fsp3) is 0.429. The molecule has 0 radical (unpaired) electrons. The van der Waals surface area contributed by atoms with E-state index in [0.29, 0.717) is 17.9 Å². The van der Waals surface area contributed by atoms with Crippen molar-refractivity contribution < 1.29 is 24.2 Å². The Balaban J connectivity index is 1.63. The number of ether oxygens (including phenoxy) is 2. The first-order valence-corrected chi connectivity index (χ1v) is 6.49. The highest BCUT2D eigenvalue weighted by molar-refractivity contribution is 5.89. The number of hydrogen-bond acceptors (Lipinski definition) is 4. The molecule has 3 atom stereocenters. The predicted molar refractivity (Wildman–Crippen MR) is 68.4 cm³/mol. The summed E-state index contributed by atoms with van der Waals surface area (Å²) in [5.74, 6) is -0.676. The molecule has 1 aliphatic carbocycles. The SMILES string of the molecule is C[C@H](NC(=O)[C@H]1C[C@@H]1C(=O)O)c1ccc2c(c1)OCO2. The van der Waals surface area contributed by atoms with Gasteiger partial charge in [0.1, 0.15) is 0 Å². The lowest BCUT2D eigenvalue weighted by Crippen LogP contribution is -2.29. The van der Waals surface area contributed by atoms with Crippen LogP contribution in [0, 0.1) is 11.8 Å². The number of aliphatic carboxylic acids is 1. The number of nitrogens with one attached hydrogen (secondary N) is 1. The zero-order valence-electron chi connectivity index (χ0n) is 11.0. The maximum Gasteiger partial charge on any atom is 0.307 e. The van der Waals surface area contributed by atoms with Crippen molar-refractivity contribution in [3.63, 3.8) is 0 Å². The molecular formula is C14H15NO5. The van der Waals surface area contributed by atoms with Crippen LogP contribution in [-0.2, 0) is 9.59 Å². The Hall–Kier alpha value is -2.24. The first kappa shape index (κ1) is 12.8. The maximum atomic E-state index is 11.9. The Bertz CT molecular complexity index is 571. The number of carbonyl (C=O) groups excluding carboxylic acids is 1. The van der Waals surface area contributed by atoms with Crippen molar-refractivity contribution in [1.29, 1.82) is 0 Å². The highest BCUT2D eigenvalue weighted by atomic mass is 16.7. The predicted octanol–water partition coefficient (Wildman–Crippen LogP) is 1.31. The minimum absolute atomic E-state index is 0.202. The molecule has 1 aromatic rings. The lowest BCUT2D eigenvalue weighted by Gasteiger charge is -2.14. The number of fused-ring (bicyclic) bond motifs is 1. The van der Waals surface area contributed by atoms with E-state index in [-0.39, 0.29) is 18.7 Å². The van der Waals surface area contributed by atoms with Gasteiger partial charge in [0.25, 0.3) is 0 Å². The van der Waals surface area contributed by atoms with E-state index in [2.05, 4.69) is 5.32 Å². The summed E-state index contributed by atoms with van der Waals surface area (Å²) in [7, 11) is 0. The monoisotopic (exact) mass is 277 g/mol. The van der Waals surface area contributed by atoms with Gasteiger partial charge < -0.3 is 19.9 Å². The van der Waals surface area contributed by atoms with E-state index in [0.717, 1.165) is 5.56 Å². The van der Waals surface area contributed by atoms with Crippen LogP contribution >= 0.6 is 0 Å². The van der Waals surface area contributed by atoms with E-state index in [1.165, 1.54) is 0 Å². The molecule has 0 saturated heterocycles. The van der Waals surface area contributed by atoms with Crippen LogP contribution in [0.2, 0.25) is 0 Å². The number of rotatable bonds is 4. The standard InChI is InChI=1S/C14H15NO5/c1-7(15-13(16)9-5-10(9)14(17)18)8-2-3-11-12(4-8)20-6-19-11/h2-4,7,9-10H,5-6H2,1H3,(H,15,16)(H,17,18)/t7-,9-,10-/m0/s1. The molecule has 1 fully saturated rings. The van der Waals surface area contributed by atoms with E-state index >= 15 is 0 Å². The smallest absolute Gasteiger partial charge is 0.307 e. The molecule has 0 spiro atoms. The number of carbonyl (C=O) groups is 2. The van der Waals surface area contributed by atoms with E-state index in [4.69, 9.17) is 14.6 Å². The highest BCUT2D eigenvalue weighted by Gasteiger charge is 2.48. The minimum Gasteiger partial charge on any atom is -0.481 e. The normalized spacial score (nSPS) is 24.1. The molecule has 6 heteroatoms. The average Bonchev–Trinajstić information content (AvgIpc) is 3.09. The second-order valence-electron chi connectivity index (χ2n) is 5.13. The van der Waals surface area contributed by atoms with Crippen LogP contribution in [-0.4, -0.2) is 23.8 Å². The van der Waals surface area contributed by atoms with Crippen molar-refractivity contribution in [2.75, 3.05) is 6.79 Å². The zero-order chi connectivity index (χ0) is 14.3. The van der Waals surface area contributed by atoms with Crippen molar-refractivity contribution in [2.45, 2.75) is 19.4 Å². The summed E-state index contributed by atoms with van der Waals surface area (Å²) in [6.07, 6.45) is 0.426. The third kappa shape index (κ3) is 2.29. The van der Waals surface area contributed by atoms with Gasteiger partial charge in [0.05, 0.1) is 17.9 Å². The lowest BCUT2D eigenvalue weighted by molar-refractivity contribution is -0.140. The van der Waals surface area contributed by atoms with E-state index in [1.54, 1.807) is 6.07 Å². The third-order valence-electron chi connectivity index (χ3n) is 3.70. The first-order valence-electron chi connectivity index (χ1n) is 6.49. The molecular weight excluding hydrogens is 262 g/mol. The largest absolute Gasteiger partial charge is 0.481 e. The van der Waals surface area contributed by atoms with Crippen LogP contribution in [0.1, 0.15) is 24.9 Å². The van der Waals surface area contributed by atoms with Crippen molar-refractivity contribution in [1.82, 2.24) is 5.32 Å². The van der Waals surface area contributed by atoms with Crippen molar-refractivity contribution in [2.24, 2.45) is 11.8 Å². The number of benzene rings is 1.